The molecular formula is C19H18F2N2O2. The van der Waals surface area contributed by atoms with Gasteiger partial charge in [-0.15, -0.1) is 0 Å². The molecule has 130 valence electrons. The summed E-state index contributed by atoms with van der Waals surface area (Å²) in [6.45, 7) is 1.99. The fraction of sp³-hybridized carbons (Fsp3) is 0.316. The summed E-state index contributed by atoms with van der Waals surface area (Å²) in [5, 5.41) is 12.9. The van der Waals surface area contributed by atoms with Crippen molar-refractivity contribution in [3.63, 3.8) is 0 Å². The number of nitrogens with zero attached hydrogens (tertiary/aromatic N) is 1. The minimum absolute atomic E-state index is 0.158. The van der Waals surface area contributed by atoms with Gasteiger partial charge < -0.3 is 15.3 Å². The van der Waals surface area contributed by atoms with Gasteiger partial charge in [0.15, 0.2) is 0 Å². The van der Waals surface area contributed by atoms with Gasteiger partial charge in [0.25, 0.3) is 5.91 Å². The maximum Gasteiger partial charge on any atom is 0.257 e. The second-order valence-corrected chi connectivity index (χ2v) is 6.70. The summed E-state index contributed by atoms with van der Waals surface area (Å²) >= 11 is 0. The molecule has 2 fully saturated rings. The molecule has 4 rings (SSSR count). The SMILES string of the molecule is O=C(c1cc(O)ccc1F)N1C[C@@H]2CNC[C@@H]2[C@@H]1c1cccc(F)c1. The highest BCUT2D eigenvalue weighted by Crippen LogP contribution is 2.43. The largest absolute Gasteiger partial charge is 0.508 e. The maximum atomic E-state index is 14.1. The van der Waals surface area contributed by atoms with Gasteiger partial charge in [-0.1, -0.05) is 12.1 Å². The van der Waals surface area contributed by atoms with E-state index in [9.17, 15) is 18.7 Å². The number of aromatic hydroxyl groups is 1. The molecule has 2 aliphatic heterocycles. The van der Waals surface area contributed by atoms with Crippen molar-refractivity contribution in [1.82, 2.24) is 10.2 Å². The molecular weight excluding hydrogens is 326 g/mol. The van der Waals surface area contributed by atoms with E-state index in [1.54, 1.807) is 17.0 Å². The second kappa shape index (κ2) is 6.11. The molecule has 0 aliphatic carbocycles. The van der Waals surface area contributed by atoms with E-state index in [-0.39, 0.29) is 35.0 Å². The van der Waals surface area contributed by atoms with E-state index in [1.807, 2.05) is 0 Å². The summed E-state index contributed by atoms with van der Waals surface area (Å²) in [5.74, 6) is -1.26. The lowest BCUT2D eigenvalue weighted by molar-refractivity contribution is 0.0708. The number of fused-ring (bicyclic) bond motifs is 1. The van der Waals surface area contributed by atoms with Crippen LogP contribution >= 0.6 is 0 Å². The zero-order valence-electron chi connectivity index (χ0n) is 13.5. The number of nitrogens with one attached hydrogen (secondary N) is 1. The summed E-state index contributed by atoms with van der Waals surface area (Å²) in [6, 6.07) is 9.34. The fourth-order valence-electron chi connectivity index (χ4n) is 4.08. The first-order valence-corrected chi connectivity index (χ1v) is 8.30. The Hall–Kier alpha value is -2.47. The Morgan fingerprint density at radius 1 is 1.16 bits per heavy atom. The van der Waals surface area contributed by atoms with E-state index in [2.05, 4.69) is 5.32 Å². The molecule has 2 N–H and O–H groups in total. The number of phenolic OH excluding ortho intramolecular Hbond substituents is 1. The topological polar surface area (TPSA) is 52.6 Å². The number of halogens is 2. The normalized spacial score (nSPS) is 25.2. The molecule has 0 radical (unpaired) electrons. The van der Waals surface area contributed by atoms with Crippen molar-refractivity contribution >= 4 is 5.91 Å². The van der Waals surface area contributed by atoms with Gasteiger partial charge >= 0.3 is 0 Å². The van der Waals surface area contributed by atoms with Crippen LogP contribution in [0.2, 0.25) is 0 Å². The molecule has 0 spiro atoms. The average Bonchev–Trinajstić information content (AvgIpc) is 3.17. The number of rotatable bonds is 2. The molecule has 0 bridgehead atoms. The molecule has 2 aromatic rings. The third kappa shape index (κ3) is 2.76. The smallest absolute Gasteiger partial charge is 0.257 e. The predicted molar refractivity (Wildman–Crippen MR) is 88.1 cm³/mol. The molecule has 0 aromatic heterocycles. The van der Waals surface area contributed by atoms with Crippen molar-refractivity contribution < 1.29 is 18.7 Å². The second-order valence-electron chi connectivity index (χ2n) is 6.70. The number of hydrogen-bond acceptors (Lipinski definition) is 3. The number of amides is 1. The van der Waals surface area contributed by atoms with Crippen LogP contribution in [-0.4, -0.2) is 35.5 Å². The van der Waals surface area contributed by atoms with Crippen molar-refractivity contribution in [1.29, 1.82) is 0 Å². The number of likely N-dealkylation sites (tertiary alicyclic amines) is 1. The van der Waals surface area contributed by atoms with Gasteiger partial charge in [0.2, 0.25) is 0 Å². The first kappa shape index (κ1) is 16.0. The van der Waals surface area contributed by atoms with Crippen LogP contribution in [0, 0.1) is 23.5 Å². The van der Waals surface area contributed by atoms with E-state index < -0.39 is 11.7 Å². The number of carbonyl (C=O) groups is 1. The zero-order valence-corrected chi connectivity index (χ0v) is 13.5. The van der Waals surface area contributed by atoms with Gasteiger partial charge in [0, 0.05) is 25.6 Å². The van der Waals surface area contributed by atoms with Crippen LogP contribution in [0.5, 0.6) is 5.75 Å². The molecule has 1 amide bonds. The number of carbonyl (C=O) groups excluding carboxylic acids is 1. The molecule has 0 saturated carbocycles. The van der Waals surface area contributed by atoms with Crippen molar-refractivity contribution in [3.05, 3.63) is 65.2 Å². The Kier molecular flexibility index (Phi) is 3.92. The lowest BCUT2D eigenvalue weighted by atomic mass is 9.89. The highest BCUT2D eigenvalue weighted by atomic mass is 19.1. The standard InChI is InChI=1S/C19H18F2N2O2/c20-13-3-1-2-11(6-13)18-16-9-22-8-12(16)10-23(18)19(25)15-7-14(24)4-5-17(15)21/h1-7,12,16,18,22,24H,8-10H2/t12-,16-,18-/m0/s1. The molecule has 2 saturated heterocycles. The van der Waals surface area contributed by atoms with Crippen molar-refractivity contribution in [2.24, 2.45) is 11.8 Å². The minimum Gasteiger partial charge on any atom is -0.508 e. The van der Waals surface area contributed by atoms with Gasteiger partial charge in [-0.05, 0) is 41.8 Å². The van der Waals surface area contributed by atoms with Crippen molar-refractivity contribution in [2.75, 3.05) is 19.6 Å². The maximum absolute atomic E-state index is 14.1. The van der Waals surface area contributed by atoms with Crippen LogP contribution in [-0.2, 0) is 0 Å². The number of hydrogen-bond donors (Lipinski definition) is 2. The number of phenols is 1. The molecule has 3 atom stereocenters. The van der Waals surface area contributed by atoms with E-state index in [0.29, 0.717) is 12.1 Å². The van der Waals surface area contributed by atoms with E-state index in [4.69, 9.17) is 0 Å². The highest BCUT2D eigenvalue weighted by molar-refractivity contribution is 5.95. The van der Waals surface area contributed by atoms with Crippen LogP contribution < -0.4 is 5.32 Å². The lowest BCUT2D eigenvalue weighted by Crippen LogP contribution is -2.35. The Morgan fingerprint density at radius 3 is 2.80 bits per heavy atom. The lowest BCUT2D eigenvalue weighted by Gasteiger charge is -2.28. The first-order chi connectivity index (χ1) is 12.0. The summed E-state index contributed by atoms with van der Waals surface area (Å²) in [5.41, 5.74) is 0.555. The van der Waals surface area contributed by atoms with Gasteiger partial charge in [-0.3, -0.25) is 4.79 Å². The molecule has 6 heteroatoms. The van der Waals surface area contributed by atoms with Crippen LogP contribution in [0.4, 0.5) is 8.78 Å². The third-order valence-electron chi connectivity index (χ3n) is 5.20. The van der Waals surface area contributed by atoms with E-state index >= 15 is 0 Å². The van der Waals surface area contributed by atoms with Gasteiger partial charge in [0.05, 0.1) is 11.6 Å². The van der Waals surface area contributed by atoms with E-state index in [0.717, 1.165) is 25.2 Å². The predicted octanol–water partition coefficient (Wildman–Crippen LogP) is 2.70. The number of benzene rings is 2. The Bertz CT molecular complexity index is 827. The molecule has 2 heterocycles. The zero-order chi connectivity index (χ0) is 17.6. The summed E-state index contributed by atoms with van der Waals surface area (Å²) in [7, 11) is 0. The molecule has 2 aliphatic rings. The summed E-state index contributed by atoms with van der Waals surface area (Å²) in [6.07, 6.45) is 0. The third-order valence-corrected chi connectivity index (χ3v) is 5.20. The van der Waals surface area contributed by atoms with Gasteiger partial charge in [0.1, 0.15) is 17.4 Å². The van der Waals surface area contributed by atoms with Crippen molar-refractivity contribution in [3.8, 4) is 5.75 Å². The molecule has 4 nitrogen and oxygen atoms in total. The van der Waals surface area contributed by atoms with Gasteiger partial charge in [-0.25, -0.2) is 8.78 Å². The van der Waals surface area contributed by atoms with Crippen LogP contribution in [0.1, 0.15) is 22.0 Å². The Labute approximate surface area is 144 Å². The van der Waals surface area contributed by atoms with Gasteiger partial charge in [-0.2, -0.15) is 0 Å². The monoisotopic (exact) mass is 344 g/mol. The summed E-state index contributed by atoms with van der Waals surface area (Å²) < 4.78 is 27.8. The van der Waals surface area contributed by atoms with E-state index in [1.165, 1.54) is 18.2 Å². The molecule has 25 heavy (non-hydrogen) atoms. The van der Waals surface area contributed by atoms with Crippen LogP contribution in [0.15, 0.2) is 42.5 Å². The molecule has 0 unspecified atom stereocenters. The highest BCUT2D eigenvalue weighted by Gasteiger charge is 2.47. The van der Waals surface area contributed by atoms with Crippen LogP contribution in [0.25, 0.3) is 0 Å². The molecule has 2 aromatic carbocycles. The average molecular weight is 344 g/mol. The van der Waals surface area contributed by atoms with Crippen molar-refractivity contribution in [2.45, 2.75) is 6.04 Å². The quantitative estimate of drug-likeness (QED) is 0.881. The fourth-order valence-corrected chi connectivity index (χ4v) is 4.08. The Morgan fingerprint density at radius 2 is 2.00 bits per heavy atom. The first-order valence-electron chi connectivity index (χ1n) is 8.30. The summed E-state index contributed by atoms with van der Waals surface area (Å²) in [4.78, 5) is 14.6. The van der Waals surface area contributed by atoms with Crippen LogP contribution in [0.3, 0.4) is 0 Å². The Balaban J connectivity index is 1.74. The minimum atomic E-state index is -0.670.